The number of hydrogen-bond donors (Lipinski definition) is 0. The molecule has 2 heterocycles. The van der Waals surface area contributed by atoms with Gasteiger partial charge in [0.25, 0.3) is 5.91 Å². The lowest BCUT2D eigenvalue weighted by Crippen LogP contribution is -2.52. The van der Waals surface area contributed by atoms with E-state index in [1.165, 1.54) is 0 Å². The first-order valence-corrected chi connectivity index (χ1v) is 13.5. The molecule has 0 radical (unpaired) electrons. The largest absolute Gasteiger partial charge is 0.352 e. The molecule has 7 nitrogen and oxygen atoms in total. The Morgan fingerprint density at radius 3 is 2.08 bits per heavy atom. The second-order valence-corrected chi connectivity index (χ2v) is 9.92. The molecule has 1 fully saturated rings. The molecule has 39 heavy (non-hydrogen) atoms. The molecule has 0 aliphatic carbocycles. The lowest BCUT2D eigenvalue weighted by atomic mass is 10.1. The van der Waals surface area contributed by atoms with Gasteiger partial charge in [0.1, 0.15) is 6.54 Å². The Bertz CT molecular complexity index is 1370. The fourth-order valence-electron chi connectivity index (χ4n) is 4.64. The summed E-state index contributed by atoms with van der Waals surface area (Å²) in [5, 5.41) is 9.38. The van der Waals surface area contributed by atoms with Gasteiger partial charge in [0, 0.05) is 48.9 Å². The highest BCUT2D eigenvalue weighted by Gasteiger charge is 2.26. The molecule has 198 valence electrons. The highest BCUT2D eigenvalue weighted by atomic mass is 35.5. The van der Waals surface area contributed by atoms with Crippen LogP contribution in [-0.4, -0.2) is 71.1 Å². The van der Waals surface area contributed by atoms with E-state index in [-0.39, 0.29) is 18.4 Å². The molecule has 8 heteroatoms. The molecule has 2 amide bonds. The Kier molecular flexibility index (Phi) is 8.48. The van der Waals surface area contributed by atoms with E-state index >= 15 is 0 Å². The van der Waals surface area contributed by atoms with Crippen molar-refractivity contribution >= 4 is 29.2 Å². The van der Waals surface area contributed by atoms with Gasteiger partial charge in [-0.2, -0.15) is 0 Å². The number of piperazine rings is 1. The third kappa shape index (κ3) is 6.81. The van der Waals surface area contributed by atoms with Crippen LogP contribution in [0.2, 0.25) is 5.02 Å². The zero-order chi connectivity index (χ0) is 27.0. The van der Waals surface area contributed by atoms with Crippen molar-refractivity contribution in [2.45, 2.75) is 6.42 Å². The van der Waals surface area contributed by atoms with Gasteiger partial charge in [-0.05, 0) is 48.4 Å². The maximum Gasteiger partial charge on any atom is 0.254 e. The minimum atomic E-state index is -0.177. The highest BCUT2D eigenvalue weighted by molar-refractivity contribution is 6.30. The summed E-state index contributed by atoms with van der Waals surface area (Å²) in [4.78, 5) is 32.3. The average Bonchev–Trinajstić information content (AvgIpc) is 3.00. The molecule has 0 unspecified atom stereocenters. The van der Waals surface area contributed by atoms with Crippen LogP contribution in [-0.2, 0) is 11.2 Å². The Labute approximate surface area is 233 Å². The molecule has 0 N–H and O–H groups in total. The topological polar surface area (TPSA) is 69.6 Å². The van der Waals surface area contributed by atoms with Gasteiger partial charge < -0.3 is 14.7 Å². The Hall–Kier alpha value is -4.23. The first-order valence-electron chi connectivity index (χ1n) is 13.1. The maximum absolute atomic E-state index is 13.4. The molecule has 5 rings (SSSR count). The number of rotatable bonds is 8. The van der Waals surface area contributed by atoms with Crippen LogP contribution in [0.25, 0.3) is 11.3 Å². The van der Waals surface area contributed by atoms with Gasteiger partial charge in [-0.1, -0.05) is 72.3 Å². The molecule has 4 aromatic rings. The molecule has 1 saturated heterocycles. The fraction of sp³-hybridized carbons (Fsp3) is 0.226. The van der Waals surface area contributed by atoms with Crippen molar-refractivity contribution in [2.75, 3.05) is 44.2 Å². The van der Waals surface area contributed by atoms with Gasteiger partial charge in [-0.3, -0.25) is 9.59 Å². The number of hydrogen-bond acceptors (Lipinski definition) is 5. The third-order valence-electron chi connectivity index (χ3n) is 6.89. The zero-order valence-corrected chi connectivity index (χ0v) is 22.4. The van der Waals surface area contributed by atoms with Crippen molar-refractivity contribution in [3.05, 3.63) is 113 Å². The Morgan fingerprint density at radius 1 is 0.769 bits per heavy atom. The monoisotopic (exact) mass is 539 g/mol. The van der Waals surface area contributed by atoms with E-state index in [2.05, 4.69) is 15.1 Å². The number of amides is 2. The highest BCUT2D eigenvalue weighted by Crippen LogP contribution is 2.19. The number of anilines is 1. The SMILES string of the molecule is O=C(CN(CCc1ccccc1)C(=O)c1ccc(Cl)cc1)N1CCN(c2ccc(-c3ccccc3)nn2)CC1. The van der Waals surface area contributed by atoms with Crippen molar-refractivity contribution in [3.63, 3.8) is 0 Å². The van der Waals surface area contributed by atoms with Gasteiger partial charge in [0.05, 0.1) is 5.69 Å². The Balaban J connectivity index is 1.20. The molecule has 0 atom stereocenters. The summed E-state index contributed by atoms with van der Waals surface area (Å²) in [5.74, 6) is 0.558. The van der Waals surface area contributed by atoms with E-state index in [4.69, 9.17) is 11.6 Å². The Morgan fingerprint density at radius 2 is 1.44 bits per heavy atom. The maximum atomic E-state index is 13.4. The molecular formula is C31H30ClN5O2. The van der Waals surface area contributed by atoms with Gasteiger partial charge in [0.15, 0.2) is 5.82 Å². The summed E-state index contributed by atoms with van der Waals surface area (Å²) in [6.07, 6.45) is 0.666. The minimum Gasteiger partial charge on any atom is -0.352 e. The molecule has 0 bridgehead atoms. The molecule has 1 aliphatic heterocycles. The summed E-state index contributed by atoms with van der Waals surface area (Å²) >= 11 is 6.02. The standard InChI is InChI=1S/C31H30ClN5O2/c32-27-13-11-26(12-14-27)31(39)37(18-17-24-7-3-1-4-8-24)23-30(38)36-21-19-35(20-22-36)29-16-15-28(33-34-29)25-9-5-2-6-10-25/h1-16H,17-23H2. The molecular weight excluding hydrogens is 510 g/mol. The third-order valence-corrected chi connectivity index (χ3v) is 7.15. The summed E-state index contributed by atoms with van der Waals surface area (Å²) in [7, 11) is 0. The van der Waals surface area contributed by atoms with Crippen LogP contribution < -0.4 is 4.90 Å². The second-order valence-electron chi connectivity index (χ2n) is 9.48. The van der Waals surface area contributed by atoms with E-state index in [1.807, 2.05) is 77.7 Å². The van der Waals surface area contributed by atoms with Gasteiger partial charge in [0.2, 0.25) is 5.91 Å². The normalized spacial score (nSPS) is 13.3. The van der Waals surface area contributed by atoms with Crippen LogP contribution in [0.15, 0.2) is 97.1 Å². The van der Waals surface area contributed by atoms with Crippen LogP contribution in [0.4, 0.5) is 5.82 Å². The quantitative estimate of drug-likeness (QED) is 0.321. The molecule has 0 spiro atoms. The molecule has 0 saturated carbocycles. The van der Waals surface area contributed by atoms with E-state index in [0.29, 0.717) is 49.7 Å². The number of benzene rings is 3. The first kappa shape index (κ1) is 26.4. The summed E-state index contributed by atoms with van der Waals surface area (Å²) in [6.45, 7) is 2.89. The van der Waals surface area contributed by atoms with Crippen LogP contribution in [0, 0.1) is 0 Å². The van der Waals surface area contributed by atoms with Gasteiger partial charge >= 0.3 is 0 Å². The van der Waals surface area contributed by atoms with Gasteiger partial charge in [-0.15, -0.1) is 10.2 Å². The molecule has 3 aromatic carbocycles. The van der Waals surface area contributed by atoms with E-state index in [0.717, 1.165) is 22.6 Å². The van der Waals surface area contributed by atoms with E-state index in [9.17, 15) is 9.59 Å². The fourth-order valence-corrected chi connectivity index (χ4v) is 4.77. The van der Waals surface area contributed by atoms with Crippen LogP contribution in [0.1, 0.15) is 15.9 Å². The van der Waals surface area contributed by atoms with Crippen molar-refractivity contribution in [1.82, 2.24) is 20.0 Å². The van der Waals surface area contributed by atoms with Crippen LogP contribution in [0.3, 0.4) is 0 Å². The predicted molar refractivity (Wildman–Crippen MR) is 154 cm³/mol. The lowest BCUT2D eigenvalue weighted by molar-refractivity contribution is -0.132. The molecule has 1 aromatic heterocycles. The number of aromatic nitrogens is 2. The van der Waals surface area contributed by atoms with Crippen molar-refractivity contribution in [1.29, 1.82) is 0 Å². The molecule has 1 aliphatic rings. The van der Waals surface area contributed by atoms with Crippen molar-refractivity contribution in [2.24, 2.45) is 0 Å². The number of nitrogens with zero attached hydrogens (tertiary/aromatic N) is 5. The van der Waals surface area contributed by atoms with Gasteiger partial charge in [-0.25, -0.2) is 0 Å². The minimum absolute atomic E-state index is 0.0277. The summed E-state index contributed by atoms with van der Waals surface area (Å²) in [6, 6.07) is 30.7. The van der Waals surface area contributed by atoms with Crippen LogP contribution >= 0.6 is 11.6 Å². The number of halogens is 1. The smallest absolute Gasteiger partial charge is 0.254 e. The lowest BCUT2D eigenvalue weighted by Gasteiger charge is -2.36. The van der Waals surface area contributed by atoms with Crippen molar-refractivity contribution < 1.29 is 9.59 Å². The van der Waals surface area contributed by atoms with Crippen molar-refractivity contribution in [3.8, 4) is 11.3 Å². The second kappa shape index (κ2) is 12.5. The summed E-state index contributed by atoms with van der Waals surface area (Å²) < 4.78 is 0. The van der Waals surface area contributed by atoms with E-state index in [1.54, 1.807) is 29.2 Å². The average molecular weight is 540 g/mol. The first-order chi connectivity index (χ1) is 19.1. The number of carbonyl (C=O) groups is 2. The summed E-state index contributed by atoms with van der Waals surface area (Å²) in [5.41, 5.74) is 3.49. The van der Waals surface area contributed by atoms with E-state index < -0.39 is 0 Å². The predicted octanol–water partition coefficient (Wildman–Crippen LogP) is 4.83. The van der Waals surface area contributed by atoms with Crippen LogP contribution in [0.5, 0.6) is 0 Å². The number of carbonyl (C=O) groups excluding carboxylic acids is 2. The zero-order valence-electron chi connectivity index (χ0n) is 21.6.